The Hall–Kier alpha value is -4.33. The number of hydrogen-bond acceptors (Lipinski definition) is 5. The number of fused-ring (bicyclic) bond motifs is 1. The lowest BCUT2D eigenvalue weighted by Gasteiger charge is -2.40. The van der Waals surface area contributed by atoms with Crippen molar-refractivity contribution < 1.29 is 9.53 Å². The maximum Gasteiger partial charge on any atom is 0.257 e. The number of piperazine rings is 1. The molecule has 0 aliphatic carbocycles. The van der Waals surface area contributed by atoms with Crippen LogP contribution in [0.1, 0.15) is 33.2 Å². The van der Waals surface area contributed by atoms with E-state index in [1.165, 1.54) is 11.1 Å². The average Bonchev–Trinajstić information content (AvgIpc) is 3.44. The molecule has 2 aromatic heterocycles. The first-order valence-electron chi connectivity index (χ1n) is 13.3. The molecule has 39 heavy (non-hydrogen) atoms. The third kappa shape index (κ3) is 5.06. The summed E-state index contributed by atoms with van der Waals surface area (Å²) in [5, 5.41) is 4.79. The maximum absolute atomic E-state index is 13.8. The number of carbonyl (C=O) groups is 1. The summed E-state index contributed by atoms with van der Waals surface area (Å²) in [6.07, 6.45) is 1.67. The van der Waals surface area contributed by atoms with Gasteiger partial charge in [-0.05, 0) is 11.1 Å². The lowest BCUT2D eigenvalue weighted by Crippen LogP contribution is -2.50. The van der Waals surface area contributed by atoms with E-state index >= 15 is 0 Å². The van der Waals surface area contributed by atoms with Crippen LogP contribution in [0.3, 0.4) is 0 Å². The molecule has 0 atom stereocenters. The van der Waals surface area contributed by atoms with Gasteiger partial charge in [0.2, 0.25) is 0 Å². The van der Waals surface area contributed by atoms with E-state index < -0.39 is 0 Å². The highest BCUT2D eigenvalue weighted by atomic mass is 16.5. The summed E-state index contributed by atoms with van der Waals surface area (Å²) >= 11 is 0. The molecule has 0 bridgehead atoms. The Labute approximate surface area is 228 Å². The van der Waals surface area contributed by atoms with Crippen molar-refractivity contribution in [1.82, 2.24) is 24.4 Å². The van der Waals surface area contributed by atoms with E-state index in [9.17, 15) is 4.79 Å². The Bertz CT molecular complexity index is 1510. The van der Waals surface area contributed by atoms with Crippen molar-refractivity contribution in [3.05, 3.63) is 126 Å². The zero-order chi connectivity index (χ0) is 26.6. The van der Waals surface area contributed by atoms with Crippen molar-refractivity contribution in [2.24, 2.45) is 0 Å². The predicted octanol–water partition coefficient (Wildman–Crippen LogP) is 5.09. The van der Waals surface area contributed by atoms with Gasteiger partial charge in [0.05, 0.1) is 29.6 Å². The van der Waals surface area contributed by atoms with Crippen LogP contribution < -0.4 is 0 Å². The first-order valence-corrected chi connectivity index (χ1v) is 13.3. The molecule has 1 fully saturated rings. The molecule has 6 rings (SSSR count). The first kappa shape index (κ1) is 25.0. The normalized spacial score (nSPS) is 14.3. The lowest BCUT2D eigenvalue weighted by atomic mass is 9.96. The molecule has 0 N–H and O–H groups in total. The van der Waals surface area contributed by atoms with Gasteiger partial charge in [0.15, 0.2) is 5.65 Å². The summed E-state index contributed by atoms with van der Waals surface area (Å²) in [6.45, 7) is 3.08. The number of aromatic nitrogens is 3. The fraction of sp³-hybridized carbons (Fsp3) is 0.219. The van der Waals surface area contributed by atoms with E-state index in [0.29, 0.717) is 30.0 Å². The van der Waals surface area contributed by atoms with Gasteiger partial charge >= 0.3 is 0 Å². The third-order valence-corrected chi connectivity index (χ3v) is 7.36. The molecule has 7 heteroatoms. The second kappa shape index (κ2) is 11.2. The maximum atomic E-state index is 13.8. The van der Waals surface area contributed by atoms with Crippen molar-refractivity contribution >= 4 is 11.6 Å². The molecule has 3 heterocycles. The number of hydrogen-bond donors (Lipinski definition) is 0. The number of benzene rings is 3. The van der Waals surface area contributed by atoms with Gasteiger partial charge in [-0.25, -0.2) is 9.50 Å². The number of rotatable bonds is 7. The minimum Gasteiger partial charge on any atom is -0.378 e. The molecule has 1 aliphatic rings. The number of nitrogens with zero attached hydrogens (tertiary/aromatic N) is 5. The van der Waals surface area contributed by atoms with Crippen LogP contribution >= 0.6 is 0 Å². The quantitative estimate of drug-likeness (QED) is 0.301. The number of ether oxygens (including phenoxy) is 1. The Kier molecular flexibility index (Phi) is 7.17. The van der Waals surface area contributed by atoms with Gasteiger partial charge in [-0.2, -0.15) is 5.10 Å². The minimum absolute atomic E-state index is 0.0381. The molecule has 196 valence electrons. The summed E-state index contributed by atoms with van der Waals surface area (Å²) in [7, 11) is 1.63. The SMILES string of the molecule is COCc1c(C(=O)N2CCN(C(c3ccccc3)c3ccccc3)CC2)cnc2cc(-c3ccccc3)nn12. The van der Waals surface area contributed by atoms with Gasteiger partial charge in [0, 0.05) is 51.1 Å². The highest BCUT2D eigenvalue weighted by Crippen LogP contribution is 2.30. The van der Waals surface area contributed by atoms with Crippen LogP contribution in [0.25, 0.3) is 16.9 Å². The van der Waals surface area contributed by atoms with Gasteiger partial charge in [-0.3, -0.25) is 9.69 Å². The van der Waals surface area contributed by atoms with Crippen LogP contribution in [-0.2, 0) is 11.3 Å². The Morgan fingerprint density at radius 3 is 2.03 bits per heavy atom. The summed E-state index contributed by atoms with van der Waals surface area (Å²) in [5.74, 6) is -0.0381. The molecule has 3 aromatic carbocycles. The Morgan fingerprint density at radius 2 is 1.44 bits per heavy atom. The van der Waals surface area contributed by atoms with Crippen molar-refractivity contribution in [3.63, 3.8) is 0 Å². The molecular formula is C32H31N5O2. The molecule has 0 radical (unpaired) electrons. The van der Waals surface area contributed by atoms with Crippen LogP contribution in [0.2, 0.25) is 0 Å². The first-order chi connectivity index (χ1) is 19.2. The van der Waals surface area contributed by atoms with E-state index in [2.05, 4.69) is 58.4 Å². The predicted molar refractivity (Wildman–Crippen MR) is 151 cm³/mol. The second-order valence-electron chi connectivity index (χ2n) is 9.77. The minimum atomic E-state index is -0.0381. The molecule has 0 unspecified atom stereocenters. The van der Waals surface area contributed by atoms with Crippen molar-refractivity contribution in [1.29, 1.82) is 0 Å². The molecule has 7 nitrogen and oxygen atoms in total. The van der Waals surface area contributed by atoms with E-state index in [0.717, 1.165) is 24.3 Å². The molecule has 1 saturated heterocycles. The highest BCUT2D eigenvalue weighted by molar-refractivity contribution is 5.95. The van der Waals surface area contributed by atoms with Crippen LogP contribution in [-0.4, -0.2) is 63.6 Å². The molecular weight excluding hydrogens is 486 g/mol. The standard InChI is InChI=1S/C32H31N5O2/c1-39-23-29-27(22-33-30-21-28(34-37(29)30)24-11-5-2-6-12-24)32(38)36-19-17-35(18-20-36)31(25-13-7-3-8-14-25)26-15-9-4-10-16-26/h2-16,21-22,31H,17-20,23H2,1H3. The zero-order valence-electron chi connectivity index (χ0n) is 22.0. The smallest absolute Gasteiger partial charge is 0.257 e. The Balaban J connectivity index is 1.25. The Morgan fingerprint density at radius 1 is 0.846 bits per heavy atom. The van der Waals surface area contributed by atoms with Gasteiger partial charge in [-0.15, -0.1) is 0 Å². The van der Waals surface area contributed by atoms with E-state index in [-0.39, 0.29) is 18.6 Å². The molecule has 0 saturated carbocycles. The van der Waals surface area contributed by atoms with E-state index in [1.807, 2.05) is 53.4 Å². The lowest BCUT2D eigenvalue weighted by molar-refractivity contribution is 0.0591. The van der Waals surface area contributed by atoms with Gasteiger partial charge in [0.25, 0.3) is 5.91 Å². The average molecular weight is 518 g/mol. The van der Waals surface area contributed by atoms with Crippen LogP contribution in [0.4, 0.5) is 0 Å². The highest BCUT2D eigenvalue weighted by Gasteiger charge is 2.30. The summed E-state index contributed by atoms with van der Waals surface area (Å²) in [6, 6.07) is 33.2. The molecule has 1 amide bonds. The van der Waals surface area contributed by atoms with Gasteiger partial charge < -0.3 is 9.64 Å². The second-order valence-corrected chi connectivity index (χ2v) is 9.77. The topological polar surface area (TPSA) is 63.0 Å². The number of carbonyl (C=O) groups excluding carboxylic acids is 1. The van der Waals surface area contributed by atoms with Gasteiger partial charge in [-0.1, -0.05) is 91.0 Å². The van der Waals surface area contributed by atoms with Crippen molar-refractivity contribution in [3.8, 4) is 11.3 Å². The fourth-order valence-corrected chi connectivity index (χ4v) is 5.42. The summed E-state index contributed by atoms with van der Waals surface area (Å²) in [5.41, 5.74) is 6.26. The molecule has 1 aliphatic heterocycles. The van der Waals surface area contributed by atoms with Crippen LogP contribution in [0.5, 0.6) is 0 Å². The number of methoxy groups -OCH3 is 1. The van der Waals surface area contributed by atoms with Crippen LogP contribution in [0.15, 0.2) is 103 Å². The fourth-order valence-electron chi connectivity index (χ4n) is 5.42. The largest absolute Gasteiger partial charge is 0.378 e. The van der Waals surface area contributed by atoms with Crippen LogP contribution in [0, 0.1) is 0 Å². The van der Waals surface area contributed by atoms with Crippen molar-refractivity contribution in [2.75, 3.05) is 33.3 Å². The van der Waals surface area contributed by atoms with E-state index in [1.54, 1.807) is 17.8 Å². The zero-order valence-corrected chi connectivity index (χ0v) is 22.0. The van der Waals surface area contributed by atoms with Crippen molar-refractivity contribution in [2.45, 2.75) is 12.6 Å². The summed E-state index contributed by atoms with van der Waals surface area (Å²) in [4.78, 5) is 22.8. The number of amides is 1. The van der Waals surface area contributed by atoms with Gasteiger partial charge in [0.1, 0.15) is 0 Å². The molecule has 5 aromatic rings. The van der Waals surface area contributed by atoms with E-state index in [4.69, 9.17) is 9.84 Å². The monoisotopic (exact) mass is 517 g/mol. The molecule has 0 spiro atoms. The third-order valence-electron chi connectivity index (χ3n) is 7.36. The summed E-state index contributed by atoms with van der Waals surface area (Å²) < 4.78 is 7.25.